The van der Waals surface area contributed by atoms with Crippen LogP contribution in [0.5, 0.6) is 0 Å². The number of fused-ring (bicyclic) bond motifs is 1. The minimum absolute atomic E-state index is 0.0234. The first-order valence-electron chi connectivity index (χ1n) is 10.2. The largest absolute Gasteiger partial charge is 0.393 e. The molecule has 0 unspecified atom stereocenters. The first kappa shape index (κ1) is 21.5. The lowest BCUT2D eigenvalue weighted by Gasteiger charge is -2.36. The van der Waals surface area contributed by atoms with Crippen LogP contribution in [0.25, 0.3) is 10.9 Å². The summed E-state index contributed by atoms with van der Waals surface area (Å²) in [5.41, 5.74) is 11.6. The quantitative estimate of drug-likeness (QED) is 0.419. The van der Waals surface area contributed by atoms with Crippen LogP contribution in [-0.2, 0) is 0 Å². The van der Waals surface area contributed by atoms with Gasteiger partial charge in [-0.25, -0.2) is 4.98 Å². The molecule has 2 aromatic heterocycles. The zero-order chi connectivity index (χ0) is 22.7. The van der Waals surface area contributed by atoms with Crippen LogP contribution in [0.4, 0.5) is 17.6 Å². The van der Waals surface area contributed by atoms with Crippen LogP contribution < -0.4 is 22.3 Å². The molecule has 2 aliphatic rings. The highest BCUT2D eigenvalue weighted by atomic mass is 35.5. The molecule has 2 aliphatic carbocycles. The second-order valence-corrected chi connectivity index (χ2v) is 9.46. The fourth-order valence-corrected chi connectivity index (χ4v) is 4.71. The van der Waals surface area contributed by atoms with Crippen molar-refractivity contribution >= 4 is 63.3 Å². The van der Waals surface area contributed by atoms with Gasteiger partial charge in [0.1, 0.15) is 16.7 Å². The van der Waals surface area contributed by atoms with Gasteiger partial charge in [0, 0.05) is 6.04 Å². The number of nitrogen functional groups attached to an aromatic ring is 2. The van der Waals surface area contributed by atoms with Crippen LogP contribution in [0.15, 0.2) is 16.9 Å². The van der Waals surface area contributed by atoms with Crippen LogP contribution in [-0.4, -0.2) is 30.7 Å². The molecule has 0 bridgehead atoms. The number of aliphatic hydroxyl groups is 1. The van der Waals surface area contributed by atoms with Gasteiger partial charge in [0.25, 0.3) is 5.56 Å². The molecule has 0 spiro atoms. The molecule has 6 N–H and O–H groups in total. The van der Waals surface area contributed by atoms with Crippen LogP contribution in [0, 0.1) is 5.92 Å². The molecule has 0 radical (unpaired) electrons. The third-order valence-corrected chi connectivity index (χ3v) is 6.99. The van der Waals surface area contributed by atoms with E-state index in [0.29, 0.717) is 29.2 Å². The van der Waals surface area contributed by atoms with Crippen LogP contribution in [0.2, 0.25) is 15.1 Å². The van der Waals surface area contributed by atoms with E-state index in [0.717, 1.165) is 12.8 Å². The van der Waals surface area contributed by atoms with Crippen molar-refractivity contribution in [1.82, 2.24) is 19.5 Å². The predicted octanol–water partition coefficient (Wildman–Crippen LogP) is 3.57. The number of nitrogens with zero attached hydrogens (tertiary/aromatic N) is 4. The van der Waals surface area contributed by atoms with Crippen molar-refractivity contribution in [1.29, 1.82) is 0 Å². The fourth-order valence-electron chi connectivity index (χ4n) is 4.14. The number of halogens is 3. The summed E-state index contributed by atoms with van der Waals surface area (Å²) >= 11 is 19.1. The van der Waals surface area contributed by atoms with Crippen molar-refractivity contribution in [3.8, 4) is 0 Å². The Morgan fingerprint density at radius 2 is 1.78 bits per heavy atom. The Kier molecular flexibility index (Phi) is 5.32. The Bertz CT molecular complexity index is 1290. The highest BCUT2D eigenvalue weighted by molar-refractivity contribution is 6.39. The highest BCUT2D eigenvalue weighted by Gasteiger charge is 2.40. The first-order chi connectivity index (χ1) is 15.2. The Labute approximate surface area is 197 Å². The normalized spacial score (nSPS) is 21.4. The molecule has 2 saturated carbocycles. The van der Waals surface area contributed by atoms with Gasteiger partial charge in [-0.1, -0.05) is 34.8 Å². The third-order valence-electron chi connectivity index (χ3n) is 6.00. The van der Waals surface area contributed by atoms with E-state index in [9.17, 15) is 9.90 Å². The fraction of sp³-hybridized carbons (Fsp3) is 0.400. The standard InChI is InChI=1S/C20H20Cl3N7O2/c21-10-3-4-11(22)15-12(10)19(32)30(8-5-9(31)6-8)18(27-15)14(7-1-2-7)26-17-13(23)16(24)28-20(25)29-17/h3-4,7-9,14,31H,1-2,5-6H2,(H5,24,25,26,28,29)/t8?,9?,14-/m0/s1. The van der Waals surface area contributed by atoms with Gasteiger partial charge in [0.2, 0.25) is 5.95 Å². The number of benzene rings is 1. The summed E-state index contributed by atoms with van der Waals surface area (Å²) in [6.45, 7) is 0. The van der Waals surface area contributed by atoms with Crippen molar-refractivity contribution in [3.63, 3.8) is 0 Å². The Hall–Kier alpha value is -2.33. The molecule has 12 heteroatoms. The van der Waals surface area contributed by atoms with Crippen molar-refractivity contribution in [2.45, 2.75) is 43.9 Å². The third kappa shape index (κ3) is 3.63. The molecule has 0 aliphatic heterocycles. The number of aliphatic hydroxyl groups excluding tert-OH is 1. The van der Waals surface area contributed by atoms with E-state index in [1.54, 1.807) is 16.7 Å². The van der Waals surface area contributed by atoms with Crippen molar-refractivity contribution in [3.05, 3.63) is 43.4 Å². The van der Waals surface area contributed by atoms with Gasteiger partial charge in [-0.3, -0.25) is 9.36 Å². The van der Waals surface area contributed by atoms with Crippen LogP contribution >= 0.6 is 34.8 Å². The van der Waals surface area contributed by atoms with Gasteiger partial charge in [-0.15, -0.1) is 0 Å². The van der Waals surface area contributed by atoms with E-state index >= 15 is 0 Å². The Morgan fingerprint density at radius 3 is 2.44 bits per heavy atom. The summed E-state index contributed by atoms with van der Waals surface area (Å²) in [4.78, 5) is 26.5. The second kappa shape index (κ2) is 7.91. The zero-order valence-corrected chi connectivity index (χ0v) is 19.0. The molecule has 0 saturated heterocycles. The molecule has 5 rings (SSSR count). The first-order valence-corrected chi connectivity index (χ1v) is 11.3. The molecular formula is C20H20Cl3N7O2. The van der Waals surface area contributed by atoms with Gasteiger partial charge in [-0.05, 0) is 43.7 Å². The predicted molar refractivity (Wildman–Crippen MR) is 125 cm³/mol. The van der Waals surface area contributed by atoms with Crippen LogP contribution in [0.3, 0.4) is 0 Å². The number of nitrogens with one attached hydrogen (secondary N) is 1. The van der Waals surface area contributed by atoms with E-state index < -0.39 is 12.1 Å². The molecule has 9 nitrogen and oxygen atoms in total. The van der Waals surface area contributed by atoms with Gasteiger partial charge in [-0.2, -0.15) is 9.97 Å². The molecule has 2 fully saturated rings. The highest BCUT2D eigenvalue weighted by Crippen LogP contribution is 2.45. The van der Waals surface area contributed by atoms with Gasteiger partial charge in [0.05, 0.1) is 33.1 Å². The number of rotatable bonds is 5. The lowest BCUT2D eigenvalue weighted by molar-refractivity contribution is 0.0451. The lowest BCUT2D eigenvalue weighted by Crippen LogP contribution is -2.40. The van der Waals surface area contributed by atoms with Crippen molar-refractivity contribution in [2.24, 2.45) is 5.92 Å². The summed E-state index contributed by atoms with van der Waals surface area (Å²) in [6, 6.07) is 2.57. The number of hydrogen-bond acceptors (Lipinski definition) is 8. The van der Waals surface area contributed by atoms with Gasteiger partial charge < -0.3 is 21.9 Å². The van der Waals surface area contributed by atoms with E-state index in [4.69, 9.17) is 51.3 Å². The second-order valence-electron chi connectivity index (χ2n) is 8.27. The summed E-state index contributed by atoms with van der Waals surface area (Å²) in [5.74, 6) is 0.960. The van der Waals surface area contributed by atoms with Crippen molar-refractivity contribution < 1.29 is 5.11 Å². The number of nitrogens with two attached hydrogens (primary N) is 2. The lowest BCUT2D eigenvalue weighted by atomic mass is 9.88. The molecular weight excluding hydrogens is 477 g/mol. The maximum Gasteiger partial charge on any atom is 0.263 e. The number of hydrogen-bond donors (Lipinski definition) is 4. The molecule has 1 atom stereocenters. The van der Waals surface area contributed by atoms with Gasteiger partial charge in [0.15, 0.2) is 5.82 Å². The molecule has 3 aromatic rings. The molecule has 32 heavy (non-hydrogen) atoms. The minimum Gasteiger partial charge on any atom is -0.393 e. The summed E-state index contributed by atoms with van der Waals surface area (Å²) in [6.07, 6.45) is 2.28. The summed E-state index contributed by atoms with van der Waals surface area (Å²) < 4.78 is 1.62. The van der Waals surface area contributed by atoms with E-state index in [2.05, 4.69) is 15.3 Å². The minimum atomic E-state index is -0.464. The van der Waals surface area contributed by atoms with Crippen molar-refractivity contribution in [2.75, 3.05) is 16.8 Å². The number of aromatic nitrogens is 4. The Balaban J connectivity index is 1.71. The van der Waals surface area contributed by atoms with Gasteiger partial charge >= 0.3 is 0 Å². The average Bonchev–Trinajstić information content (AvgIpc) is 3.55. The van der Waals surface area contributed by atoms with E-state index in [1.165, 1.54) is 0 Å². The maximum atomic E-state index is 13.6. The molecule has 0 amide bonds. The smallest absolute Gasteiger partial charge is 0.263 e. The number of anilines is 3. The zero-order valence-electron chi connectivity index (χ0n) is 16.7. The molecule has 2 heterocycles. The molecule has 168 valence electrons. The van der Waals surface area contributed by atoms with Crippen LogP contribution in [0.1, 0.15) is 43.6 Å². The summed E-state index contributed by atoms with van der Waals surface area (Å²) in [7, 11) is 0. The SMILES string of the molecule is Nc1nc(N)c(Cl)c(N[C@H](c2nc3c(Cl)ccc(Cl)c3c(=O)n2C2CC(O)C2)C2CC2)n1. The maximum absolute atomic E-state index is 13.6. The van der Waals surface area contributed by atoms with E-state index in [1.807, 2.05) is 0 Å². The Morgan fingerprint density at radius 1 is 1.09 bits per heavy atom. The average molecular weight is 497 g/mol. The molecule has 1 aromatic carbocycles. The summed E-state index contributed by atoms with van der Waals surface area (Å²) in [5, 5.41) is 14.2. The van der Waals surface area contributed by atoms with E-state index in [-0.39, 0.29) is 50.5 Å². The topological polar surface area (TPSA) is 145 Å². The monoisotopic (exact) mass is 495 g/mol.